The van der Waals surface area contributed by atoms with Crippen molar-refractivity contribution in [2.45, 2.75) is 79.7 Å². The summed E-state index contributed by atoms with van der Waals surface area (Å²) in [6.45, 7) is 16.7. The summed E-state index contributed by atoms with van der Waals surface area (Å²) in [6.07, 6.45) is 5.18. The van der Waals surface area contributed by atoms with Gasteiger partial charge in [0.1, 0.15) is 0 Å². The molecule has 0 saturated heterocycles. The van der Waals surface area contributed by atoms with Crippen LogP contribution in [-0.2, 0) is 0 Å². The molecule has 0 aliphatic heterocycles. The number of hydrogen-bond acceptors (Lipinski definition) is 1. The van der Waals surface area contributed by atoms with Crippen molar-refractivity contribution < 1.29 is 0 Å². The normalized spacial score (nSPS) is 14.5. The lowest BCUT2D eigenvalue weighted by Crippen LogP contribution is -2.42. The van der Waals surface area contributed by atoms with E-state index in [-0.39, 0.29) is 5.54 Å². The molecule has 104 valence electrons. The Kier molecular flexibility index (Phi) is 5.72. The average molecular weight is 241 g/mol. The molecule has 0 aromatic carbocycles. The van der Waals surface area contributed by atoms with Gasteiger partial charge in [0.25, 0.3) is 0 Å². The Morgan fingerprint density at radius 2 is 1.24 bits per heavy atom. The molecule has 0 radical (unpaired) electrons. The Balaban J connectivity index is 4.59. The fourth-order valence-electron chi connectivity index (χ4n) is 3.45. The third kappa shape index (κ3) is 6.45. The summed E-state index contributed by atoms with van der Waals surface area (Å²) < 4.78 is 0. The first-order chi connectivity index (χ1) is 7.42. The van der Waals surface area contributed by atoms with Crippen LogP contribution in [0.5, 0.6) is 0 Å². The third-order valence-electron chi connectivity index (χ3n) is 4.01. The van der Waals surface area contributed by atoms with Crippen molar-refractivity contribution >= 4 is 0 Å². The quantitative estimate of drug-likeness (QED) is 0.609. The van der Waals surface area contributed by atoms with Crippen molar-refractivity contribution in [1.29, 1.82) is 0 Å². The minimum atomic E-state index is 0.284. The molecule has 0 heterocycles. The molecule has 0 aromatic rings. The smallest absolute Gasteiger partial charge is 0.0152 e. The third-order valence-corrected chi connectivity index (χ3v) is 4.01. The van der Waals surface area contributed by atoms with E-state index in [2.05, 4.69) is 67.5 Å². The van der Waals surface area contributed by atoms with Crippen LogP contribution in [0.1, 0.15) is 74.1 Å². The van der Waals surface area contributed by atoms with Crippen LogP contribution in [0.3, 0.4) is 0 Å². The van der Waals surface area contributed by atoms with E-state index in [9.17, 15) is 0 Å². The van der Waals surface area contributed by atoms with E-state index in [0.29, 0.717) is 10.8 Å². The lowest BCUT2D eigenvalue weighted by atomic mass is 9.68. The zero-order valence-electron chi connectivity index (χ0n) is 13.8. The molecule has 0 aromatic heterocycles. The van der Waals surface area contributed by atoms with Crippen molar-refractivity contribution in [3.8, 4) is 0 Å². The maximum Gasteiger partial charge on any atom is 0.0152 e. The Morgan fingerprint density at radius 1 is 0.765 bits per heavy atom. The molecule has 0 saturated carbocycles. The highest BCUT2D eigenvalue weighted by atomic mass is 15.1. The second-order valence-corrected chi connectivity index (χ2v) is 8.14. The van der Waals surface area contributed by atoms with Crippen LogP contribution in [-0.4, -0.2) is 24.5 Å². The molecule has 0 unspecified atom stereocenters. The second-order valence-electron chi connectivity index (χ2n) is 8.14. The van der Waals surface area contributed by atoms with Gasteiger partial charge >= 0.3 is 0 Å². The summed E-state index contributed by atoms with van der Waals surface area (Å²) in [4.78, 5) is 2.35. The van der Waals surface area contributed by atoms with Gasteiger partial charge in [0.15, 0.2) is 0 Å². The predicted molar refractivity (Wildman–Crippen MR) is 79.5 cm³/mol. The van der Waals surface area contributed by atoms with Gasteiger partial charge in [-0.15, -0.1) is 0 Å². The Labute approximate surface area is 110 Å². The van der Waals surface area contributed by atoms with Gasteiger partial charge < -0.3 is 4.90 Å². The number of hydrogen-bond donors (Lipinski definition) is 0. The SMILES string of the molecule is CCCC(C)(C)CC(C)(C)CC(C)(C)N(C)C. The first kappa shape index (κ1) is 17.0. The molecule has 0 atom stereocenters. The van der Waals surface area contributed by atoms with Crippen molar-refractivity contribution in [3.05, 3.63) is 0 Å². The number of nitrogens with zero attached hydrogens (tertiary/aromatic N) is 1. The minimum Gasteiger partial charge on any atom is -0.304 e. The highest BCUT2D eigenvalue weighted by Gasteiger charge is 2.34. The summed E-state index contributed by atoms with van der Waals surface area (Å²) >= 11 is 0. The van der Waals surface area contributed by atoms with Gasteiger partial charge in [-0.2, -0.15) is 0 Å². The second kappa shape index (κ2) is 5.73. The van der Waals surface area contributed by atoms with Crippen molar-refractivity contribution in [3.63, 3.8) is 0 Å². The minimum absolute atomic E-state index is 0.284. The van der Waals surface area contributed by atoms with E-state index in [1.807, 2.05) is 0 Å². The molecule has 17 heavy (non-hydrogen) atoms. The van der Waals surface area contributed by atoms with Gasteiger partial charge in [0.2, 0.25) is 0 Å². The molecule has 0 spiro atoms. The fourth-order valence-corrected chi connectivity index (χ4v) is 3.45. The van der Waals surface area contributed by atoms with Crippen LogP contribution >= 0.6 is 0 Å². The van der Waals surface area contributed by atoms with Crippen LogP contribution < -0.4 is 0 Å². The fraction of sp³-hybridized carbons (Fsp3) is 1.00. The predicted octanol–water partition coefficient (Wildman–Crippen LogP) is 4.96. The summed E-state index contributed by atoms with van der Waals surface area (Å²) in [5, 5.41) is 0. The van der Waals surface area contributed by atoms with E-state index in [1.54, 1.807) is 0 Å². The van der Waals surface area contributed by atoms with E-state index in [0.717, 1.165) is 0 Å². The molecule has 0 aliphatic rings. The summed E-state index contributed by atoms with van der Waals surface area (Å²) in [5.74, 6) is 0. The molecule has 0 amide bonds. The standard InChI is InChI=1S/C16H35N/c1-10-11-14(2,3)12-15(4,5)13-16(6,7)17(8)9/h10-13H2,1-9H3. The van der Waals surface area contributed by atoms with E-state index in [1.165, 1.54) is 25.7 Å². The van der Waals surface area contributed by atoms with Gasteiger partial charge in [-0.05, 0) is 58.0 Å². The maximum absolute atomic E-state index is 2.43. The molecular weight excluding hydrogens is 206 g/mol. The van der Waals surface area contributed by atoms with Crippen LogP contribution in [0, 0.1) is 10.8 Å². The largest absolute Gasteiger partial charge is 0.304 e. The van der Waals surface area contributed by atoms with Crippen LogP contribution in [0.2, 0.25) is 0 Å². The molecule has 1 nitrogen and oxygen atoms in total. The van der Waals surface area contributed by atoms with Gasteiger partial charge in [0.05, 0.1) is 0 Å². The van der Waals surface area contributed by atoms with Crippen LogP contribution in [0.15, 0.2) is 0 Å². The molecule has 0 N–H and O–H groups in total. The molecule has 0 aliphatic carbocycles. The van der Waals surface area contributed by atoms with E-state index >= 15 is 0 Å². The van der Waals surface area contributed by atoms with Crippen molar-refractivity contribution in [2.75, 3.05) is 14.1 Å². The van der Waals surface area contributed by atoms with E-state index in [4.69, 9.17) is 0 Å². The van der Waals surface area contributed by atoms with Gasteiger partial charge in [-0.1, -0.05) is 41.0 Å². The topological polar surface area (TPSA) is 3.24 Å². The molecule has 0 bridgehead atoms. The highest BCUT2D eigenvalue weighted by molar-refractivity contribution is 4.88. The van der Waals surface area contributed by atoms with Gasteiger partial charge in [0, 0.05) is 5.54 Å². The average Bonchev–Trinajstić information content (AvgIpc) is 1.97. The molecule has 1 heteroatoms. The monoisotopic (exact) mass is 241 g/mol. The van der Waals surface area contributed by atoms with E-state index < -0.39 is 0 Å². The Hall–Kier alpha value is -0.0400. The number of rotatable bonds is 7. The van der Waals surface area contributed by atoms with Crippen LogP contribution in [0.25, 0.3) is 0 Å². The van der Waals surface area contributed by atoms with Crippen molar-refractivity contribution in [2.24, 2.45) is 10.8 Å². The molecule has 0 rings (SSSR count). The first-order valence-electron chi connectivity index (χ1n) is 7.09. The van der Waals surface area contributed by atoms with Crippen molar-refractivity contribution in [1.82, 2.24) is 4.90 Å². The highest BCUT2D eigenvalue weighted by Crippen LogP contribution is 2.42. The van der Waals surface area contributed by atoms with Crippen LogP contribution in [0.4, 0.5) is 0 Å². The lowest BCUT2D eigenvalue weighted by molar-refractivity contribution is 0.0842. The van der Waals surface area contributed by atoms with Gasteiger partial charge in [-0.25, -0.2) is 0 Å². The Bertz CT molecular complexity index is 224. The Morgan fingerprint density at radius 3 is 1.59 bits per heavy atom. The zero-order chi connectivity index (χ0) is 13.9. The lowest BCUT2D eigenvalue weighted by Gasteiger charge is -2.43. The molecule has 0 fully saturated rings. The summed E-state index contributed by atoms with van der Waals surface area (Å²) in [7, 11) is 4.38. The zero-order valence-corrected chi connectivity index (χ0v) is 13.8. The summed E-state index contributed by atoms with van der Waals surface area (Å²) in [5.41, 5.74) is 1.17. The first-order valence-corrected chi connectivity index (χ1v) is 7.09. The van der Waals surface area contributed by atoms with Gasteiger partial charge in [-0.3, -0.25) is 0 Å². The maximum atomic E-state index is 2.43. The molecular formula is C16H35N. The summed E-state index contributed by atoms with van der Waals surface area (Å²) in [6, 6.07) is 0.